The second-order valence-electron chi connectivity index (χ2n) is 10.5. The summed E-state index contributed by atoms with van der Waals surface area (Å²) in [5.74, 6) is -2.63. The molecule has 1 aromatic heterocycles. The lowest BCUT2D eigenvalue weighted by Gasteiger charge is -2.27. The number of imidazole rings is 1. The molecular weight excluding hydrogens is 623 g/mol. The number of nitrogen functional groups attached to an aromatic ring is 1. The van der Waals surface area contributed by atoms with Gasteiger partial charge >= 0.3 is 19.6 Å². The molecule has 2 aromatic carbocycles. The van der Waals surface area contributed by atoms with Crippen LogP contribution in [0.1, 0.15) is 41.7 Å². The Morgan fingerprint density at radius 1 is 0.935 bits per heavy atom. The lowest BCUT2D eigenvalue weighted by molar-refractivity contribution is -0.147. The average Bonchev–Trinajstić information content (AvgIpc) is 3.56. The number of nitrogens with two attached hydrogens (primary N) is 2. The molecule has 0 saturated carbocycles. The highest BCUT2D eigenvalue weighted by atomic mass is 31.2. The van der Waals surface area contributed by atoms with Crippen molar-refractivity contribution in [1.82, 2.24) is 19.7 Å². The average molecular weight is 661 g/mol. The molecule has 1 amide bonds. The molecule has 46 heavy (non-hydrogen) atoms. The number of hydrogen-bond acceptors (Lipinski definition) is 12. The van der Waals surface area contributed by atoms with E-state index in [1.807, 2.05) is 12.1 Å². The zero-order valence-electron chi connectivity index (χ0n) is 25.1. The van der Waals surface area contributed by atoms with E-state index >= 15 is 0 Å². The highest BCUT2D eigenvalue weighted by Gasteiger charge is 2.46. The molecule has 16 nitrogen and oxygen atoms in total. The monoisotopic (exact) mass is 660 g/mol. The number of benzene rings is 2. The summed E-state index contributed by atoms with van der Waals surface area (Å²) in [6.45, 7) is 2.11. The van der Waals surface area contributed by atoms with Crippen LogP contribution in [0.2, 0.25) is 0 Å². The Labute approximate surface area is 264 Å². The molecule has 0 unspecified atom stereocenters. The van der Waals surface area contributed by atoms with E-state index in [0.717, 1.165) is 22.0 Å². The van der Waals surface area contributed by atoms with Gasteiger partial charge in [-0.25, -0.2) is 15.2 Å². The third-order valence-corrected chi connectivity index (χ3v) is 8.95. The van der Waals surface area contributed by atoms with Crippen molar-refractivity contribution in [2.45, 2.75) is 63.7 Å². The molecule has 0 spiro atoms. The van der Waals surface area contributed by atoms with Crippen LogP contribution in [-0.4, -0.2) is 74.6 Å². The maximum Gasteiger partial charge on any atom is 0.342 e. The van der Waals surface area contributed by atoms with Crippen LogP contribution in [0.3, 0.4) is 0 Å². The summed E-state index contributed by atoms with van der Waals surface area (Å²) in [6, 6.07) is 15.5. The van der Waals surface area contributed by atoms with Gasteiger partial charge in [-0.05, 0) is 25.0 Å². The number of aliphatic hydroxyl groups excluding tert-OH is 2. The predicted octanol–water partition coefficient (Wildman–Crippen LogP) is 0.751. The quantitative estimate of drug-likeness (QED) is 0.0974. The molecule has 1 aliphatic rings. The van der Waals surface area contributed by atoms with Crippen LogP contribution in [0.4, 0.5) is 5.82 Å². The van der Waals surface area contributed by atoms with Gasteiger partial charge in [0.1, 0.15) is 49.4 Å². The van der Waals surface area contributed by atoms with Crippen molar-refractivity contribution >= 4 is 31.3 Å². The molecule has 3 aromatic rings. The number of anilines is 1. The van der Waals surface area contributed by atoms with Gasteiger partial charge in [0.2, 0.25) is 0 Å². The van der Waals surface area contributed by atoms with Crippen molar-refractivity contribution in [2.24, 2.45) is 5.73 Å². The topological polar surface area (TPSA) is 240 Å². The number of hydrogen-bond donors (Lipinski definition) is 6. The number of esters is 2. The van der Waals surface area contributed by atoms with E-state index < -0.39 is 68.7 Å². The van der Waals surface area contributed by atoms with E-state index in [-0.39, 0.29) is 24.7 Å². The standard InChI is InChI=1S/C29H37N6O10P/c1-17(28(39)42-13-19-9-5-3-6-10-19)33-46(41,34-18(2)29(40)43-14-20-11-7-4-8-12-20)44-15-21-23(36)24(37)27(45-21)35-16-32-22(25(35)30)26(31)38/h3-12,16-18,21,23-24,27,36-37H,13-15,30H2,1-2H3,(H2,31,38)(H2,33,34,41)/t17-,18-,21+,23+,24+,27+/m0/s1. The Hall–Kier alpha value is -4.15. The van der Waals surface area contributed by atoms with Crippen LogP contribution in [0.25, 0.3) is 0 Å². The minimum Gasteiger partial charge on any atom is -0.460 e. The van der Waals surface area contributed by atoms with Gasteiger partial charge in [-0.3, -0.25) is 23.5 Å². The first kappa shape index (κ1) is 34.7. The molecule has 1 saturated heterocycles. The molecule has 8 N–H and O–H groups in total. The van der Waals surface area contributed by atoms with Gasteiger partial charge in [-0.15, -0.1) is 0 Å². The molecule has 4 rings (SSSR count). The largest absolute Gasteiger partial charge is 0.460 e. The van der Waals surface area contributed by atoms with Gasteiger partial charge in [0.15, 0.2) is 11.9 Å². The molecule has 0 aliphatic carbocycles. The molecule has 248 valence electrons. The van der Waals surface area contributed by atoms with E-state index in [0.29, 0.717) is 0 Å². The number of nitrogens with zero attached hydrogens (tertiary/aromatic N) is 2. The van der Waals surface area contributed by atoms with Crippen molar-refractivity contribution in [3.8, 4) is 0 Å². The van der Waals surface area contributed by atoms with Gasteiger partial charge < -0.3 is 40.4 Å². The third kappa shape index (κ3) is 8.76. The Kier molecular flexibility index (Phi) is 11.6. The molecule has 0 radical (unpaired) electrons. The third-order valence-electron chi connectivity index (χ3n) is 6.98. The second-order valence-corrected chi connectivity index (χ2v) is 12.4. The van der Waals surface area contributed by atoms with Gasteiger partial charge in [-0.2, -0.15) is 0 Å². The Morgan fingerprint density at radius 3 is 1.89 bits per heavy atom. The van der Waals surface area contributed by atoms with Gasteiger partial charge in [0.05, 0.1) is 12.9 Å². The van der Waals surface area contributed by atoms with E-state index in [9.17, 15) is 29.2 Å². The Bertz CT molecular complexity index is 1470. The maximum atomic E-state index is 14.1. The van der Waals surface area contributed by atoms with Gasteiger partial charge in [0.25, 0.3) is 5.91 Å². The fourth-order valence-corrected chi connectivity index (χ4v) is 6.28. The Morgan fingerprint density at radius 2 is 1.43 bits per heavy atom. The highest BCUT2D eigenvalue weighted by Crippen LogP contribution is 2.41. The van der Waals surface area contributed by atoms with Gasteiger partial charge in [-0.1, -0.05) is 60.7 Å². The Balaban J connectivity index is 1.44. The first-order valence-electron chi connectivity index (χ1n) is 14.2. The van der Waals surface area contributed by atoms with E-state index in [2.05, 4.69) is 15.2 Å². The lowest BCUT2D eigenvalue weighted by atomic mass is 10.1. The lowest BCUT2D eigenvalue weighted by Crippen LogP contribution is -2.43. The normalized spacial score (nSPS) is 21.0. The van der Waals surface area contributed by atoms with E-state index in [1.54, 1.807) is 48.5 Å². The minimum atomic E-state index is -4.32. The van der Waals surface area contributed by atoms with Crippen LogP contribution in [-0.2, 0) is 46.1 Å². The molecule has 6 atom stereocenters. The van der Waals surface area contributed by atoms with Crippen molar-refractivity contribution in [3.63, 3.8) is 0 Å². The number of amides is 1. The predicted molar refractivity (Wildman–Crippen MR) is 162 cm³/mol. The first-order valence-corrected chi connectivity index (χ1v) is 15.9. The minimum absolute atomic E-state index is 0.0390. The number of ether oxygens (including phenoxy) is 3. The summed E-state index contributed by atoms with van der Waals surface area (Å²) in [5, 5.41) is 26.5. The maximum absolute atomic E-state index is 14.1. The fourth-order valence-electron chi connectivity index (χ4n) is 4.47. The van der Waals surface area contributed by atoms with E-state index in [4.69, 9.17) is 30.2 Å². The van der Waals surface area contributed by atoms with Gasteiger partial charge in [0, 0.05) is 0 Å². The van der Waals surface area contributed by atoms with Crippen molar-refractivity contribution < 1.29 is 47.9 Å². The number of carbonyl (C=O) groups excluding carboxylic acids is 3. The molecule has 0 bridgehead atoms. The fraction of sp³-hybridized carbons (Fsp3) is 0.379. The number of aliphatic hydroxyl groups is 2. The summed E-state index contributed by atoms with van der Waals surface area (Å²) < 4.78 is 37.2. The van der Waals surface area contributed by atoms with Crippen molar-refractivity contribution in [2.75, 3.05) is 12.3 Å². The summed E-state index contributed by atoms with van der Waals surface area (Å²) in [5.41, 5.74) is 12.4. The number of nitrogens with one attached hydrogen (secondary N) is 2. The van der Waals surface area contributed by atoms with Crippen molar-refractivity contribution in [1.29, 1.82) is 0 Å². The zero-order valence-corrected chi connectivity index (χ0v) is 26.0. The number of primary amides is 1. The van der Waals surface area contributed by atoms with Crippen LogP contribution in [0.15, 0.2) is 67.0 Å². The highest BCUT2D eigenvalue weighted by molar-refractivity contribution is 7.54. The molecular formula is C29H37N6O10P. The molecule has 17 heteroatoms. The summed E-state index contributed by atoms with van der Waals surface area (Å²) >= 11 is 0. The van der Waals surface area contributed by atoms with Crippen LogP contribution >= 0.6 is 7.67 Å². The first-order chi connectivity index (χ1) is 21.9. The number of rotatable bonds is 15. The molecule has 1 fully saturated rings. The van der Waals surface area contributed by atoms with E-state index in [1.165, 1.54) is 13.8 Å². The second kappa shape index (κ2) is 15.4. The van der Waals surface area contributed by atoms with Crippen molar-refractivity contribution in [3.05, 3.63) is 83.8 Å². The summed E-state index contributed by atoms with van der Waals surface area (Å²) in [7, 11) is -4.32. The van der Waals surface area contributed by atoms with Crippen LogP contribution in [0.5, 0.6) is 0 Å². The van der Waals surface area contributed by atoms with Crippen LogP contribution in [0, 0.1) is 0 Å². The molecule has 1 aliphatic heterocycles. The SMILES string of the molecule is C[C@H](NP(=O)(N[C@@H](C)C(=O)OCc1ccccc1)OC[C@H]1O[C@@H](n2cnc(C(N)=O)c2N)[C@H](O)[C@@H]1O)C(=O)OCc1ccccc1. The number of carbonyl (C=O) groups is 3. The van der Waals surface area contributed by atoms with Crippen LogP contribution < -0.4 is 21.6 Å². The molecule has 2 heterocycles. The zero-order chi connectivity index (χ0) is 33.4. The number of aromatic nitrogens is 2. The summed E-state index contributed by atoms with van der Waals surface area (Å²) in [4.78, 5) is 40.9. The summed E-state index contributed by atoms with van der Waals surface area (Å²) in [6.07, 6.45) is -4.61. The smallest absolute Gasteiger partial charge is 0.342 e.